The molecule has 0 unspecified atom stereocenters. The van der Waals surface area contributed by atoms with Crippen LogP contribution in [-0.2, 0) is 9.63 Å². The fourth-order valence-corrected chi connectivity index (χ4v) is 0.849. The van der Waals surface area contributed by atoms with Crippen molar-refractivity contribution in [1.82, 2.24) is 10.8 Å². The third kappa shape index (κ3) is 5.60. The summed E-state index contributed by atoms with van der Waals surface area (Å²) in [5.41, 5.74) is 2.64. The Kier molecular flexibility index (Phi) is 4.18. The quantitative estimate of drug-likeness (QED) is 0.467. The lowest BCUT2D eigenvalue weighted by molar-refractivity contribution is -0.123. The number of hydrogen-bond acceptors (Lipinski definition) is 3. The third-order valence-electron chi connectivity index (χ3n) is 1.69. The Hall–Kier alpha value is -0.610. The highest BCUT2D eigenvalue weighted by Crippen LogP contribution is 2.18. The van der Waals surface area contributed by atoms with Gasteiger partial charge in [0.2, 0.25) is 5.91 Å². The molecular formula is C9H18N2O2. The molecule has 1 aliphatic carbocycles. The summed E-state index contributed by atoms with van der Waals surface area (Å²) in [5, 5.41) is 2.86. The molecule has 1 rings (SSSR count). The molecule has 0 heterocycles. The average molecular weight is 186 g/mol. The number of amides is 1. The predicted molar refractivity (Wildman–Crippen MR) is 50.0 cm³/mol. The normalized spacial score (nSPS) is 16.2. The van der Waals surface area contributed by atoms with Gasteiger partial charge in [-0.15, -0.1) is 0 Å². The lowest BCUT2D eigenvalue weighted by Gasteiger charge is -2.07. The lowest BCUT2D eigenvalue weighted by atomic mass is 10.2. The van der Waals surface area contributed by atoms with Crippen LogP contribution in [0.2, 0.25) is 0 Å². The Bertz CT molecular complexity index is 167. The molecule has 4 nitrogen and oxygen atoms in total. The van der Waals surface area contributed by atoms with Gasteiger partial charge in [-0.2, -0.15) is 5.48 Å². The van der Waals surface area contributed by atoms with E-state index in [4.69, 9.17) is 4.84 Å². The fraction of sp³-hybridized carbons (Fsp3) is 0.889. The molecule has 0 saturated heterocycles. The van der Waals surface area contributed by atoms with Crippen LogP contribution in [0.15, 0.2) is 0 Å². The molecule has 0 spiro atoms. The number of hydrogen-bond donors (Lipinski definition) is 2. The summed E-state index contributed by atoms with van der Waals surface area (Å²) in [6.45, 7) is 5.01. The van der Waals surface area contributed by atoms with Crippen LogP contribution in [0, 0.1) is 5.92 Å². The number of carbonyl (C=O) groups is 1. The summed E-state index contributed by atoms with van der Waals surface area (Å²) >= 11 is 0. The molecule has 1 amide bonds. The van der Waals surface area contributed by atoms with E-state index < -0.39 is 0 Å². The van der Waals surface area contributed by atoms with Crippen molar-refractivity contribution in [1.29, 1.82) is 0 Å². The summed E-state index contributed by atoms with van der Waals surface area (Å²) in [7, 11) is 0. The number of nitrogens with one attached hydrogen (secondary N) is 2. The lowest BCUT2D eigenvalue weighted by Crippen LogP contribution is -2.35. The zero-order valence-electron chi connectivity index (χ0n) is 8.30. The molecule has 4 heteroatoms. The van der Waals surface area contributed by atoms with Gasteiger partial charge in [0.1, 0.15) is 0 Å². The maximum atomic E-state index is 11.1. The number of carbonyl (C=O) groups excluding carboxylic acids is 1. The molecular weight excluding hydrogens is 168 g/mol. The second kappa shape index (κ2) is 5.19. The molecule has 0 bridgehead atoms. The van der Waals surface area contributed by atoms with Crippen LogP contribution in [0.4, 0.5) is 0 Å². The van der Waals surface area contributed by atoms with Gasteiger partial charge in [-0.1, -0.05) is 13.8 Å². The van der Waals surface area contributed by atoms with Crippen LogP contribution in [0.1, 0.15) is 26.7 Å². The highest BCUT2D eigenvalue weighted by Gasteiger charge is 2.22. The first-order chi connectivity index (χ1) is 6.18. The topological polar surface area (TPSA) is 50.4 Å². The van der Waals surface area contributed by atoms with Gasteiger partial charge in [0.15, 0.2) is 0 Å². The molecule has 0 aromatic carbocycles. The monoisotopic (exact) mass is 186 g/mol. The summed E-state index contributed by atoms with van der Waals surface area (Å²) in [6, 6.07) is 0.430. The van der Waals surface area contributed by atoms with Crippen molar-refractivity contribution >= 4 is 5.91 Å². The standard InChI is InChI=1S/C9H18N2O2/c1-7(2)6-13-10-5-9(12)11-8-3-4-8/h7-8,10H,3-6H2,1-2H3,(H,11,12). The number of hydroxylamine groups is 1. The molecule has 2 N–H and O–H groups in total. The summed E-state index contributed by atoms with van der Waals surface area (Å²) in [5.74, 6) is 0.505. The zero-order chi connectivity index (χ0) is 9.68. The Balaban J connectivity index is 1.89. The molecule has 1 saturated carbocycles. The van der Waals surface area contributed by atoms with Crippen molar-refractivity contribution in [2.24, 2.45) is 5.92 Å². The van der Waals surface area contributed by atoms with Gasteiger partial charge in [-0.05, 0) is 18.8 Å². The van der Waals surface area contributed by atoms with Gasteiger partial charge in [0.25, 0.3) is 0 Å². The van der Waals surface area contributed by atoms with Crippen molar-refractivity contribution < 1.29 is 9.63 Å². The summed E-state index contributed by atoms with van der Waals surface area (Å²) < 4.78 is 0. The third-order valence-corrected chi connectivity index (χ3v) is 1.69. The van der Waals surface area contributed by atoms with Crippen LogP contribution < -0.4 is 10.8 Å². The smallest absolute Gasteiger partial charge is 0.236 e. The van der Waals surface area contributed by atoms with Gasteiger partial charge in [0.05, 0.1) is 13.2 Å². The van der Waals surface area contributed by atoms with E-state index in [9.17, 15) is 4.79 Å². The van der Waals surface area contributed by atoms with Gasteiger partial charge in [-0.25, -0.2) is 0 Å². The molecule has 0 atom stereocenters. The molecule has 13 heavy (non-hydrogen) atoms. The van der Waals surface area contributed by atoms with E-state index in [1.54, 1.807) is 0 Å². The Labute approximate surface area is 79.0 Å². The van der Waals surface area contributed by atoms with Crippen molar-refractivity contribution in [3.05, 3.63) is 0 Å². The van der Waals surface area contributed by atoms with Crippen molar-refractivity contribution in [3.8, 4) is 0 Å². The van der Waals surface area contributed by atoms with E-state index in [0.717, 1.165) is 12.8 Å². The molecule has 0 aliphatic heterocycles. The first-order valence-corrected chi connectivity index (χ1v) is 4.82. The minimum Gasteiger partial charge on any atom is -0.352 e. The van der Waals surface area contributed by atoms with Gasteiger partial charge in [0, 0.05) is 6.04 Å². The second-order valence-corrected chi connectivity index (χ2v) is 3.87. The van der Waals surface area contributed by atoms with Crippen LogP contribution in [-0.4, -0.2) is 25.1 Å². The molecule has 1 aliphatic rings. The predicted octanol–water partition coefficient (Wildman–Crippen LogP) is 0.442. The van der Waals surface area contributed by atoms with E-state index in [-0.39, 0.29) is 12.5 Å². The van der Waals surface area contributed by atoms with Crippen LogP contribution >= 0.6 is 0 Å². The average Bonchev–Trinajstić information content (AvgIpc) is 2.81. The maximum absolute atomic E-state index is 11.1. The Morgan fingerprint density at radius 2 is 2.23 bits per heavy atom. The Morgan fingerprint density at radius 3 is 2.77 bits per heavy atom. The SMILES string of the molecule is CC(C)CONCC(=O)NC1CC1. The van der Waals surface area contributed by atoms with E-state index >= 15 is 0 Å². The highest BCUT2D eigenvalue weighted by molar-refractivity contribution is 5.78. The van der Waals surface area contributed by atoms with Crippen LogP contribution in [0.25, 0.3) is 0 Å². The largest absolute Gasteiger partial charge is 0.352 e. The first kappa shape index (κ1) is 10.5. The second-order valence-electron chi connectivity index (χ2n) is 3.87. The minimum atomic E-state index is 0.0197. The van der Waals surface area contributed by atoms with Crippen molar-refractivity contribution in [2.45, 2.75) is 32.7 Å². The van der Waals surface area contributed by atoms with Crippen LogP contribution in [0.3, 0.4) is 0 Å². The Morgan fingerprint density at radius 1 is 1.54 bits per heavy atom. The maximum Gasteiger partial charge on any atom is 0.236 e. The highest BCUT2D eigenvalue weighted by atomic mass is 16.6. The van der Waals surface area contributed by atoms with Gasteiger partial charge >= 0.3 is 0 Å². The molecule has 1 fully saturated rings. The molecule has 0 aromatic rings. The van der Waals surface area contributed by atoms with Crippen molar-refractivity contribution in [3.63, 3.8) is 0 Å². The summed E-state index contributed by atoms with van der Waals surface area (Å²) in [6.07, 6.45) is 2.25. The van der Waals surface area contributed by atoms with E-state index in [2.05, 4.69) is 24.6 Å². The van der Waals surface area contributed by atoms with Crippen molar-refractivity contribution in [2.75, 3.05) is 13.2 Å². The molecule has 76 valence electrons. The summed E-state index contributed by atoms with van der Waals surface area (Å²) in [4.78, 5) is 16.1. The minimum absolute atomic E-state index is 0.0197. The van der Waals surface area contributed by atoms with Gasteiger partial charge < -0.3 is 10.2 Å². The van der Waals surface area contributed by atoms with E-state index in [1.165, 1.54) is 0 Å². The number of rotatable bonds is 6. The molecule has 0 radical (unpaired) electrons. The first-order valence-electron chi connectivity index (χ1n) is 4.82. The van der Waals surface area contributed by atoms with E-state index in [0.29, 0.717) is 18.6 Å². The van der Waals surface area contributed by atoms with Gasteiger partial charge in [-0.3, -0.25) is 4.79 Å². The molecule has 0 aromatic heterocycles. The van der Waals surface area contributed by atoms with Crippen LogP contribution in [0.5, 0.6) is 0 Å². The fourth-order valence-electron chi connectivity index (χ4n) is 0.849. The zero-order valence-corrected chi connectivity index (χ0v) is 8.30. The van der Waals surface area contributed by atoms with E-state index in [1.807, 2.05) is 0 Å².